The predicted octanol–water partition coefficient (Wildman–Crippen LogP) is 2.96. The maximum Gasteiger partial charge on any atom is 0.164 e. The minimum atomic E-state index is 0.291. The molecule has 3 nitrogen and oxygen atoms in total. The van der Waals surface area contributed by atoms with E-state index in [0.29, 0.717) is 12.2 Å². The van der Waals surface area contributed by atoms with E-state index in [1.54, 1.807) is 0 Å². The Hall–Kier alpha value is -2.03. The van der Waals surface area contributed by atoms with Crippen molar-refractivity contribution in [3.8, 4) is 5.69 Å². The van der Waals surface area contributed by atoms with Gasteiger partial charge in [-0.25, -0.2) is 0 Å². The summed E-state index contributed by atoms with van der Waals surface area (Å²) in [6.07, 6.45) is 5.81. The first-order valence-electron chi connectivity index (χ1n) is 6.93. The smallest absolute Gasteiger partial charge is 0.164 e. The maximum absolute atomic E-state index is 11.9. The van der Waals surface area contributed by atoms with E-state index >= 15 is 0 Å². The molecular formula is C16H16N2O. The fourth-order valence-corrected chi connectivity index (χ4v) is 3.20. The Kier molecular flexibility index (Phi) is 2.28. The lowest BCUT2D eigenvalue weighted by Gasteiger charge is -2.15. The van der Waals surface area contributed by atoms with Crippen molar-refractivity contribution in [2.24, 2.45) is 0 Å². The second kappa shape index (κ2) is 3.98. The standard InChI is InChI=1S/C16H16N2O/c19-16-3-1-2-15-13(16)7-9-18(15)12-5-4-11-6-8-17-14(11)10-12/h4-5,7,9-10,17H,1-3,6,8H2. The van der Waals surface area contributed by atoms with Crippen LogP contribution < -0.4 is 5.32 Å². The van der Waals surface area contributed by atoms with Gasteiger partial charge in [0.15, 0.2) is 5.78 Å². The lowest BCUT2D eigenvalue weighted by molar-refractivity contribution is 0.0972. The minimum absolute atomic E-state index is 0.291. The van der Waals surface area contributed by atoms with Crippen molar-refractivity contribution >= 4 is 11.5 Å². The van der Waals surface area contributed by atoms with Gasteiger partial charge in [0.25, 0.3) is 0 Å². The van der Waals surface area contributed by atoms with Gasteiger partial charge in [-0.3, -0.25) is 4.79 Å². The third-order valence-electron chi connectivity index (χ3n) is 4.19. The number of hydrogen-bond donors (Lipinski definition) is 1. The van der Waals surface area contributed by atoms with Crippen LogP contribution in [0.3, 0.4) is 0 Å². The monoisotopic (exact) mass is 252 g/mol. The van der Waals surface area contributed by atoms with E-state index in [9.17, 15) is 4.79 Å². The number of benzene rings is 1. The molecule has 4 rings (SSSR count). The van der Waals surface area contributed by atoms with Gasteiger partial charge in [-0.1, -0.05) is 6.07 Å². The number of Topliss-reactive ketones (excluding diaryl/α,β-unsaturated/α-hetero) is 1. The Labute approximate surface area is 112 Å². The third-order valence-corrected chi connectivity index (χ3v) is 4.19. The highest BCUT2D eigenvalue weighted by Crippen LogP contribution is 2.29. The molecule has 0 fully saturated rings. The second-order valence-corrected chi connectivity index (χ2v) is 5.34. The van der Waals surface area contributed by atoms with Crippen LogP contribution in [0, 0.1) is 0 Å². The summed E-state index contributed by atoms with van der Waals surface area (Å²) in [5, 5.41) is 3.41. The molecule has 0 saturated heterocycles. The molecule has 1 N–H and O–H groups in total. The van der Waals surface area contributed by atoms with E-state index in [1.807, 2.05) is 12.3 Å². The van der Waals surface area contributed by atoms with Crippen molar-refractivity contribution in [1.29, 1.82) is 0 Å². The van der Waals surface area contributed by atoms with E-state index in [1.165, 1.54) is 16.9 Å². The second-order valence-electron chi connectivity index (χ2n) is 5.34. The van der Waals surface area contributed by atoms with Gasteiger partial charge in [0, 0.05) is 41.8 Å². The van der Waals surface area contributed by atoms with Crippen LogP contribution in [0.25, 0.3) is 5.69 Å². The highest BCUT2D eigenvalue weighted by atomic mass is 16.1. The Morgan fingerprint density at radius 1 is 1.11 bits per heavy atom. The average Bonchev–Trinajstić information content (AvgIpc) is 3.04. The lowest BCUT2D eigenvalue weighted by Crippen LogP contribution is -2.12. The Morgan fingerprint density at radius 2 is 2.05 bits per heavy atom. The number of aromatic nitrogens is 1. The maximum atomic E-state index is 11.9. The van der Waals surface area contributed by atoms with Gasteiger partial charge in [0.1, 0.15) is 0 Å². The molecule has 2 aliphatic rings. The molecule has 3 heteroatoms. The van der Waals surface area contributed by atoms with Gasteiger partial charge < -0.3 is 9.88 Å². The van der Waals surface area contributed by atoms with Crippen molar-refractivity contribution in [3.63, 3.8) is 0 Å². The molecule has 0 amide bonds. The highest BCUT2D eigenvalue weighted by Gasteiger charge is 2.21. The molecule has 19 heavy (non-hydrogen) atoms. The van der Waals surface area contributed by atoms with Gasteiger partial charge in [-0.2, -0.15) is 0 Å². The number of carbonyl (C=O) groups is 1. The molecular weight excluding hydrogens is 236 g/mol. The van der Waals surface area contributed by atoms with Crippen molar-refractivity contribution < 1.29 is 4.79 Å². The van der Waals surface area contributed by atoms with Crippen LogP contribution in [0.5, 0.6) is 0 Å². The third kappa shape index (κ3) is 1.61. The van der Waals surface area contributed by atoms with Crippen molar-refractivity contribution in [2.45, 2.75) is 25.7 Å². The normalized spacial score (nSPS) is 16.9. The summed E-state index contributed by atoms with van der Waals surface area (Å²) in [5.41, 5.74) is 5.88. The van der Waals surface area contributed by atoms with Crippen LogP contribution in [-0.4, -0.2) is 16.9 Å². The zero-order valence-corrected chi connectivity index (χ0v) is 10.8. The Balaban J connectivity index is 1.83. The fourth-order valence-electron chi connectivity index (χ4n) is 3.20. The topological polar surface area (TPSA) is 34.0 Å². The van der Waals surface area contributed by atoms with Crippen molar-refractivity contribution in [3.05, 3.63) is 47.3 Å². The quantitative estimate of drug-likeness (QED) is 0.846. The molecule has 0 bridgehead atoms. The number of rotatable bonds is 1. The van der Waals surface area contributed by atoms with E-state index in [4.69, 9.17) is 0 Å². The molecule has 0 atom stereocenters. The summed E-state index contributed by atoms with van der Waals surface area (Å²) in [5.74, 6) is 0.291. The first-order chi connectivity index (χ1) is 9.33. The number of hydrogen-bond acceptors (Lipinski definition) is 2. The van der Waals surface area contributed by atoms with Crippen LogP contribution in [-0.2, 0) is 12.8 Å². The summed E-state index contributed by atoms with van der Waals surface area (Å²) in [6.45, 7) is 1.03. The first kappa shape index (κ1) is 10.9. The number of nitrogens with zero attached hydrogens (tertiary/aromatic N) is 1. The number of fused-ring (bicyclic) bond motifs is 2. The predicted molar refractivity (Wildman–Crippen MR) is 75.2 cm³/mol. The molecule has 0 spiro atoms. The zero-order chi connectivity index (χ0) is 12.8. The lowest BCUT2D eigenvalue weighted by atomic mass is 9.96. The summed E-state index contributed by atoms with van der Waals surface area (Å²) < 4.78 is 2.17. The summed E-state index contributed by atoms with van der Waals surface area (Å²) in [6, 6.07) is 8.52. The molecule has 1 aliphatic heterocycles. The van der Waals surface area contributed by atoms with Gasteiger partial charge in [-0.15, -0.1) is 0 Å². The van der Waals surface area contributed by atoms with Gasteiger partial charge in [0.05, 0.1) is 0 Å². The van der Waals surface area contributed by atoms with E-state index in [0.717, 1.165) is 37.1 Å². The summed E-state index contributed by atoms with van der Waals surface area (Å²) in [4.78, 5) is 11.9. The molecule has 2 aromatic rings. The highest BCUT2D eigenvalue weighted by molar-refractivity contribution is 5.98. The first-order valence-corrected chi connectivity index (χ1v) is 6.93. The molecule has 1 aromatic heterocycles. The number of nitrogens with one attached hydrogen (secondary N) is 1. The van der Waals surface area contributed by atoms with Crippen LogP contribution in [0.4, 0.5) is 5.69 Å². The fraction of sp³-hybridized carbons (Fsp3) is 0.312. The van der Waals surface area contributed by atoms with Crippen LogP contribution in [0.2, 0.25) is 0 Å². The van der Waals surface area contributed by atoms with Gasteiger partial charge >= 0.3 is 0 Å². The van der Waals surface area contributed by atoms with E-state index in [2.05, 4.69) is 28.1 Å². The van der Waals surface area contributed by atoms with Crippen LogP contribution >= 0.6 is 0 Å². The van der Waals surface area contributed by atoms with Crippen LogP contribution in [0.1, 0.15) is 34.5 Å². The largest absolute Gasteiger partial charge is 0.384 e. The average molecular weight is 252 g/mol. The SMILES string of the molecule is O=C1CCCc2c1ccn2-c1ccc2c(c1)NCC2. The van der Waals surface area contributed by atoms with E-state index in [-0.39, 0.29) is 0 Å². The molecule has 0 radical (unpaired) electrons. The summed E-state index contributed by atoms with van der Waals surface area (Å²) in [7, 11) is 0. The number of ketones is 1. The molecule has 0 saturated carbocycles. The minimum Gasteiger partial charge on any atom is -0.384 e. The summed E-state index contributed by atoms with van der Waals surface area (Å²) >= 11 is 0. The number of carbonyl (C=O) groups excluding carboxylic acids is 1. The molecule has 1 aliphatic carbocycles. The molecule has 0 unspecified atom stereocenters. The van der Waals surface area contributed by atoms with Crippen LogP contribution in [0.15, 0.2) is 30.5 Å². The van der Waals surface area contributed by atoms with Crippen molar-refractivity contribution in [1.82, 2.24) is 4.57 Å². The number of anilines is 1. The van der Waals surface area contributed by atoms with Gasteiger partial charge in [-0.05, 0) is 43.0 Å². The Bertz CT molecular complexity index is 669. The molecule has 1 aromatic carbocycles. The zero-order valence-electron chi connectivity index (χ0n) is 10.8. The molecule has 96 valence electrons. The van der Waals surface area contributed by atoms with E-state index < -0.39 is 0 Å². The van der Waals surface area contributed by atoms with Crippen molar-refractivity contribution in [2.75, 3.05) is 11.9 Å². The van der Waals surface area contributed by atoms with Gasteiger partial charge in [0.2, 0.25) is 0 Å². The molecule has 2 heterocycles. The Morgan fingerprint density at radius 3 is 3.00 bits per heavy atom.